The Morgan fingerprint density at radius 3 is 2.71 bits per heavy atom. The summed E-state index contributed by atoms with van der Waals surface area (Å²) in [5, 5.41) is 7.75. The van der Waals surface area contributed by atoms with Crippen molar-refractivity contribution >= 4 is 47.4 Å². The second-order valence-corrected chi connectivity index (χ2v) is 7.81. The molecule has 2 atom stereocenters. The van der Waals surface area contributed by atoms with E-state index in [0.717, 1.165) is 37.4 Å². The fraction of sp³-hybridized carbons (Fsp3) is 0.611. The fourth-order valence-corrected chi connectivity index (χ4v) is 4.55. The Morgan fingerprint density at radius 1 is 1.21 bits per heavy atom. The van der Waals surface area contributed by atoms with E-state index in [-0.39, 0.29) is 24.0 Å². The third-order valence-corrected chi connectivity index (χ3v) is 6.11. The summed E-state index contributed by atoms with van der Waals surface area (Å²) in [5.74, 6) is 2.96. The van der Waals surface area contributed by atoms with Gasteiger partial charge >= 0.3 is 0 Å². The van der Waals surface area contributed by atoms with Crippen LogP contribution in [0.15, 0.2) is 35.3 Å². The zero-order valence-corrected chi connectivity index (χ0v) is 17.6. The highest BCUT2D eigenvalue weighted by atomic mass is 127. The summed E-state index contributed by atoms with van der Waals surface area (Å²) in [6.45, 7) is 4.32. The molecule has 6 heteroatoms. The van der Waals surface area contributed by atoms with Gasteiger partial charge in [0.2, 0.25) is 0 Å². The molecule has 4 nitrogen and oxygen atoms in total. The maximum Gasteiger partial charge on any atom is 0.191 e. The molecule has 2 unspecified atom stereocenters. The van der Waals surface area contributed by atoms with Crippen LogP contribution in [0.2, 0.25) is 0 Å². The van der Waals surface area contributed by atoms with Gasteiger partial charge in [0.15, 0.2) is 5.96 Å². The van der Waals surface area contributed by atoms with E-state index >= 15 is 0 Å². The molecule has 0 bridgehead atoms. The molecule has 2 fully saturated rings. The molecule has 2 aliphatic rings. The normalized spacial score (nSPS) is 23.9. The molecule has 24 heavy (non-hydrogen) atoms. The van der Waals surface area contributed by atoms with Gasteiger partial charge in [0.25, 0.3) is 0 Å². The van der Waals surface area contributed by atoms with Gasteiger partial charge in [-0.05, 0) is 43.1 Å². The molecule has 1 aromatic carbocycles. The van der Waals surface area contributed by atoms with Crippen molar-refractivity contribution in [2.75, 3.05) is 43.9 Å². The number of nitrogens with zero attached hydrogens (tertiary/aromatic N) is 2. The van der Waals surface area contributed by atoms with Gasteiger partial charge in [-0.2, -0.15) is 11.8 Å². The van der Waals surface area contributed by atoms with E-state index in [9.17, 15) is 0 Å². The summed E-state index contributed by atoms with van der Waals surface area (Å²) in [6.07, 6.45) is 3.95. The molecule has 134 valence electrons. The van der Waals surface area contributed by atoms with Crippen LogP contribution in [-0.4, -0.2) is 50.2 Å². The fourth-order valence-electron chi connectivity index (χ4n) is 3.35. The van der Waals surface area contributed by atoms with Gasteiger partial charge in [0, 0.05) is 44.2 Å². The molecule has 0 aromatic heterocycles. The minimum absolute atomic E-state index is 0. The lowest BCUT2D eigenvalue weighted by Gasteiger charge is -2.20. The third-order valence-electron chi connectivity index (χ3n) is 4.71. The number of thioether (sulfide) groups is 1. The predicted molar refractivity (Wildman–Crippen MR) is 117 cm³/mol. The SMILES string of the molecule is CN=C(NCC1CCN(c2ccccc2)C1)NCC1CCCS1.I. The van der Waals surface area contributed by atoms with Gasteiger partial charge in [-0.15, -0.1) is 24.0 Å². The van der Waals surface area contributed by atoms with Crippen molar-refractivity contribution in [2.45, 2.75) is 24.5 Å². The summed E-state index contributed by atoms with van der Waals surface area (Å²) >= 11 is 2.08. The van der Waals surface area contributed by atoms with Gasteiger partial charge in [-0.3, -0.25) is 4.99 Å². The van der Waals surface area contributed by atoms with Crippen LogP contribution < -0.4 is 15.5 Å². The number of halogens is 1. The number of para-hydroxylation sites is 1. The first-order valence-corrected chi connectivity index (χ1v) is 9.76. The van der Waals surface area contributed by atoms with Crippen LogP contribution in [0, 0.1) is 5.92 Å². The zero-order chi connectivity index (χ0) is 15.9. The first-order chi connectivity index (χ1) is 11.3. The van der Waals surface area contributed by atoms with Crippen molar-refractivity contribution in [3.63, 3.8) is 0 Å². The van der Waals surface area contributed by atoms with Gasteiger partial charge in [-0.25, -0.2) is 0 Å². The molecule has 2 saturated heterocycles. The highest BCUT2D eigenvalue weighted by Gasteiger charge is 2.23. The second kappa shape index (κ2) is 10.4. The van der Waals surface area contributed by atoms with Crippen LogP contribution in [0.4, 0.5) is 5.69 Å². The van der Waals surface area contributed by atoms with Crippen LogP contribution in [0.3, 0.4) is 0 Å². The molecule has 0 spiro atoms. The maximum atomic E-state index is 4.36. The number of guanidine groups is 1. The third kappa shape index (κ3) is 5.72. The number of anilines is 1. The highest BCUT2D eigenvalue weighted by molar-refractivity contribution is 14.0. The van der Waals surface area contributed by atoms with Crippen molar-refractivity contribution in [1.29, 1.82) is 0 Å². The van der Waals surface area contributed by atoms with Gasteiger partial charge in [-0.1, -0.05) is 18.2 Å². The average molecular weight is 460 g/mol. The second-order valence-electron chi connectivity index (χ2n) is 6.41. The number of hydrogen-bond donors (Lipinski definition) is 2. The minimum atomic E-state index is 0. The Morgan fingerprint density at radius 2 is 2.00 bits per heavy atom. The first-order valence-electron chi connectivity index (χ1n) is 8.71. The molecule has 0 aliphatic carbocycles. The standard InChI is InChI=1S/C18H28N4S.HI/c1-19-18(21-13-17-8-5-11-23-17)20-12-15-9-10-22(14-15)16-6-3-2-4-7-16;/h2-4,6-7,15,17H,5,8-14H2,1H3,(H2,19,20,21);1H. The number of benzene rings is 1. The molecule has 3 rings (SSSR count). The van der Waals surface area contributed by atoms with Crippen LogP contribution in [-0.2, 0) is 0 Å². The van der Waals surface area contributed by atoms with Crippen molar-refractivity contribution in [2.24, 2.45) is 10.9 Å². The van der Waals surface area contributed by atoms with Crippen LogP contribution in [0.1, 0.15) is 19.3 Å². The minimum Gasteiger partial charge on any atom is -0.371 e. The van der Waals surface area contributed by atoms with Crippen molar-refractivity contribution in [1.82, 2.24) is 10.6 Å². The predicted octanol–water partition coefficient (Wildman–Crippen LogP) is 3.19. The molecule has 2 N–H and O–H groups in total. The first kappa shape index (κ1) is 19.7. The molecular weight excluding hydrogens is 431 g/mol. The zero-order valence-electron chi connectivity index (χ0n) is 14.4. The molecule has 1 aromatic rings. The Labute approximate surface area is 167 Å². The summed E-state index contributed by atoms with van der Waals surface area (Å²) in [7, 11) is 1.86. The van der Waals surface area contributed by atoms with E-state index in [1.165, 1.54) is 30.7 Å². The van der Waals surface area contributed by atoms with Crippen LogP contribution >= 0.6 is 35.7 Å². The number of nitrogens with one attached hydrogen (secondary N) is 2. The summed E-state index contributed by atoms with van der Waals surface area (Å²) in [5.41, 5.74) is 1.34. The summed E-state index contributed by atoms with van der Waals surface area (Å²) < 4.78 is 0. The average Bonchev–Trinajstić information content (AvgIpc) is 3.27. The lowest BCUT2D eigenvalue weighted by atomic mass is 10.1. The summed E-state index contributed by atoms with van der Waals surface area (Å²) in [6, 6.07) is 10.7. The molecule has 0 radical (unpaired) electrons. The Bertz CT molecular complexity index is 505. The van der Waals surface area contributed by atoms with E-state index < -0.39 is 0 Å². The van der Waals surface area contributed by atoms with Crippen LogP contribution in [0.5, 0.6) is 0 Å². The van der Waals surface area contributed by atoms with E-state index in [4.69, 9.17) is 0 Å². The van der Waals surface area contributed by atoms with E-state index in [2.05, 4.69) is 62.6 Å². The van der Waals surface area contributed by atoms with Crippen molar-refractivity contribution < 1.29 is 0 Å². The molecule has 2 heterocycles. The molecule has 2 aliphatic heterocycles. The monoisotopic (exact) mass is 460 g/mol. The lowest BCUT2D eigenvalue weighted by molar-refractivity contribution is 0.565. The highest BCUT2D eigenvalue weighted by Crippen LogP contribution is 2.25. The maximum absolute atomic E-state index is 4.36. The van der Waals surface area contributed by atoms with E-state index in [1.807, 2.05) is 7.05 Å². The largest absolute Gasteiger partial charge is 0.371 e. The molecular formula is C18H29IN4S. The number of rotatable bonds is 5. The van der Waals surface area contributed by atoms with Gasteiger partial charge in [0.05, 0.1) is 0 Å². The lowest BCUT2D eigenvalue weighted by Crippen LogP contribution is -2.42. The smallest absolute Gasteiger partial charge is 0.191 e. The van der Waals surface area contributed by atoms with Crippen molar-refractivity contribution in [3.05, 3.63) is 30.3 Å². The molecule has 0 amide bonds. The number of aliphatic imine (C=N–C) groups is 1. The summed E-state index contributed by atoms with van der Waals surface area (Å²) in [4.78, 5) is 6.84. The number of hydrogen-bond acceptors (Lipinski definition) is 3. The molecule has 0 saturated carbocycles. The Kier molecular flexibility index (Phi) is 8.52. The van der Waals surface area contributed by atoms with E-state index in [1.54, 1.807) is 0 Å². The van der Waals surface area contributed by atoms with Gasteiger partial charge in [0.1, 0.15) is 0 Å². The Hall–Kier alpha value is -0.630. The Balaban J connectivity index is 0.00000208. The van der Waals surface area contributed by atoms with E-state index in [0.29, 0.717) is 5.92 Å². The van der Waals surface area contributed by atoms with Crippen molar-refractivity contribution in [3.8, 4) is 0 Å². The topological polar surface area (TPSA) is 39.7 Å². The quantitative estimate of drug-likeness (QED) is 0.402. The van der Waals surface area contributed by atoms with Crippen LogP contribution in [0.25, 0.3) is 0 Å². The van der Waals surface area contributed by atoms with Gasteiger partial charge < -0.3 is 15.5 Å².